The van der Waals surface area contributed by atoms with Gasteiger partial charge >= 0.3 is 0 Å². The first-order valence-corrected chi connectivity index (χ1v) is 15.9. The first-order chi connectivity index (χ1) is 18.6. The zero-order valence-electron chi connectivity index (χ0n) is 27.3. The van der Waals surface area contributed by atoms with Crippen molar-refractivity contribution in [3.63, 3.8) is 0 Å². The van der Waals surface area contributed by atoms with Gasteiger partial charge in [0.05, 0.1) is 5.76 Å². The Morgan fingerprint density at radius 3 is 2.15 bits per heavy atom. The molecule has 41 heavy (non-hydrogen) atoms. The first-order valence-electron chi connectivity index (χ1n) is 15.1. The summed E-state index contributed by atoms with van der Waals surface area (Å²) in [6.07, 6.45) is 10.1. The van der Waals surface area contributed by atoms with E-state index in [9.17, 15) is 9.90 Å². The van der Waals surface area contributed by atoms with E-state index in [1.807, 2.05) is 45.2 Å². The van der Waals surface area contributed by atoms with Gasteiger partial charge in [-0.25, -0.2) is 0 Å². The molecule has 1 aliphatic heterocycles. The maximum Gasteiger partial charge on any atom is 0.162 e. The van der Waals surface area contributed by atoms with Gasteiger partial charge in [-0.05, 0) is 61.1 Å². The molecule has 1 unspecified atom stereocenters. The van der Waals surface area contributed by atoms with Crippen LogP contribution in [-0.4, -0.2) is 10.9 Å². The van der Waals surface area contributed by atoms with E-state index in [1.165, 1.54) is 37.7 Å². The number of allylic oxidation sites excluding steroid dienone is 2. The number of benzene rings is 1. The Morgan fingerprint density at radius 2 is 1.63 bits per heavy atom. The first kappa shape index (κ1) is 37.6. The molecule has 2 N–H and O–H groups in total. The van der Waals surface area contributed by atoms with E-state index in [4.69, 9.17) is 0 Å². The Hall–Kier alpha value is -1.46. The van der Waals surface area contributed by atoms with Crippen molar-refractivity contribution >= 4 is 33.3 Å². The van der Waals surface area contributed by atoms with Crippen LogP contribution in [0.4, 0.5) is 0 Å². The van der Waals surface area contributed by atoms with Gasteiger partial charge in [0.25, 0.3) is 0 Å². The smallest absolute Gasteiger partial charge is 0.162 e. The van der Waals surface area contributed by atoms with Gasteiger partial charge in [-0.15, -0.1) is 11.3 Å². The molecule has 6 heteroatoms. The van der Waals surface area contributed by atoms with Gasteiger partial charge < -0.3 is 15.7 Å². The second-order valence-electron chi connectivity index (χ2n) is 13.4. The summed E-state index contributed by atoms with van der Waals surface area (Å²) < 4.78 is 1.41. The second kappa shape index (κ2) is 16.4. The van der Waals surface area contributed by atoms with Crippen molar-refractivity contribution in [1.29, 1.82) is 0 Å². The molecule has 1 aliphatic rings. The van der Waals surface area contributed by atoms with Gasteiger partial charge in [-0.2, -0.15) is 11.6 Å². The number of aryl methyl sites for hydroxylation is 1. The number of hydrogen-bond acceptors (Lipinski definition) is 4. The Morgan fingerprint density at radius 1 is 1.05 bits per heavy atom. The molecule has 0 saturated carbocycles. The third-order valence-electron chi connectivity index (χ3n) is 7.49. The van der Waals surface area contributed by atoms with Crippen molar-refractivity contribution in [2.45, 2.75) is 114 Å². The Labute approximate surface area is 268 Å². The summed E-state index contributed by atoms with van der Waals surface area (Å²) in [5.41, 5.74) is 4.66. The number of fused-ring (bicyclic) bond motifs is 3. The molecular weight excluding hydrogens is 705 g/mol. The molecule has 4 nitrogen and oxygen atoms in total. The number of nitrogens with zero attached hydrogens (tertiary/aromatic N) is 1. The summed E-state index contributed by atoms with van der Waals surface area (Å²) >= 11 is 1.90. The summed E-state index contributed by atoms with van der Waals surface area (Å²) in [5, 5.41) is 19.3. The normalized spacial score (nSPS) is 15.3. The van der Waals surface area contributed by atoms with Crippen LogP contribution in [0.1, 0.15) is 123 Å². The van der Waals surface area contributed by atoms with E-state index in [0.29, 0.717) is 5.41 Å². The monoisotopic (exact) mass is 759 g/mol. The minimum Gasteiger partial charge on any atom is -0.674 e. The van der Waals surface area contributed by atoms with Crippen molar-refractivity contribution in [2.75, 3.05) is 0 Å². The fraction of sp³-hybridized carbons (Fsp3) is 0.600. The van der Waals surface area contributed by atoms with E-state index < -0.39 is 0 Å². The standard InChI is InChI=1S/C22H30N2S.C13H24O2.Ir/c1-14-15(12-21(2,3)4)8-9-16-17-10-11-23-20(19(17)25-18(14)16)24-13-22(5,6)7;1-5-10(6-2)12(14)9-13(15)11(7-3)8-4;/h8-11,13,20,24H,12H2,1-7H3;9-11,14H,5-8H2,1-4H3;/q-2;;/b;12-9-;. The summed E-state index contributed by atoms with van der Waals surface area (Å²) in [7, 11) is 0. The van der Waals surface area contributed by atoms with Crippen molar-refractivity contribution in [2.24, 2.45) is 22.7 Å². The van der Waals surface area contributed by atoms with Gasteiger partial charge in [0.1, 0.15) is 0 Å². The predicted molar refractivity (Wildman–Crippen MR) is 176 cm³/mol. The van der Waals surface area contributed by atoms with Gasteiger partial charge in [0.2, 0.25) is 0 Å². The third kappa shape index (κ3) is 11.0. The number of aliphatic hydroxyl groups excluding tert-OH is 1. The van der Waals surface area contributed by atoms with Gasteiger partial charge in [-0.3, -0.25) is 11.3 Å². The maximum absolute atomic E-state index is 11.7. The fourth-order valence-electron chi connectivity index (χ4n) is 5.01. The average molecular weight is 759 g/mol. The van der Waals surface area contributed by atoms with Gasteiger partial charge in [-0.1, -0.05) is 93.6 Å². The minimum atomic E-state index is 0. The van der Waals surface area contributed by atoms with Crippen molar-refractivity contribution in [1.82, 2.24) is 5.32 Å². The average Bonchev–Trinajstić information content (AvgIpc) is 3.25. The molecule has 1 aromatic heterocycles. The zero-order chi connectivity index (χ0) is 30.3. The summed E-state index contributed by atoms with van der Waals surface area (Å²) in [4.78, 5) is 13.0. The number of carbonyl (C=O) groups excluding carboxylic acids is 1. The van der Waals surface area contributed by atoms with Crippen molar-refractivity contribution < 1.29 is 30.0 Å². The molecule has 2 aromatic rings. The molecule has 3 rings (SSSR count). The molecule has 0 saturated heterocycles. The quantitative estimate of drug-likeness (QED) is 0.144. The van der Waals surface area contributed by atoms with E-state index in [2.05, 4.69) is 83.9 Å². The molecule has 0 aliphatic carbocycles. The van der Waals surface area contributed by atoms with Crippen LogP contribution in [-0.2, 0) is 31.3 Å². The van der Waals surface area contributed by atoms with Gasteiger partial charge in [0.15, 0.2) is 5.78 Å². The number of ketones is 1. The van der Waals surface area contributed by atoms with Crippen LogP contribution in [0.3, 0.4) is 0 Å². The summed E-state index contributed by atoms with van der Waals surface area (Å²) in [6, 6.07) is 4.62. The molecule has 0 fully saturated rings. The van der Waals surface area contributed by atoms with E-state index in [1.54, 1.807) is 0 Å². The number of carbonyl (C=O) groups is 1. The predicted octanol–water partition coefficient (Wildman–Crippen LogP) is 10.8. The summed E-state index contributed by atoms with van der Waals surface area (Å²) in [6.45, 7) is 26.0. The number of rotatable bonds is 10. The molecule has 0 bridgehead atoms. The molecule has 1 radical (unpaired) electrons. The molecular formula is C35H54IrN2O2S-2. The Bertz CT molecular complexity index is 1180. The Balaban J connectivity index is 0.000000456. The fourth-order valence-corrected chi connectivity index (χ4v) is 6.33. The molecule has 1 aromatic carbocycles. The SMILES string of the molecule is CCC(CC)C(=O)/C=C(\O)C(CC)CC.Cc1c(CC(C)(C)C)ccc2c3c(sc12)C(N[CH-]C(C)(C)C)[N-]C=C3.[Ir]. The van der Waals surface area contributed by atoms with Gasteiger partial charge in [0, 0.05) is 53.0 Å². The van der Waals surface area contributed by atoms with E-state index in [0.717, 1.165) is 32.1 Å². The topological polar surface area (TPSA) is 63.4 Å². The van der Waals surface area contributed by atoms with Crippen LogP contribution in [0.2, 0.25) is 0 Å². The van der Waals surface area contributed by atoms with E-state index in [-0.39, 0.29) is 55.1 Å². The Kier molecular flexibility index (Phi) is 15.0. The van der Waals surface area contributed by atoms with Crippen LogP contribution in [0.15, 0.2) is 30.2 Å². The van der Waals surface area contributed by atoms with Crippen LogP contribution < -0.4 is 5.32 Å². The second-order valence-corrected chi connectivity index (χ2v) is 14.4. The number of nitrogens with one attached hydrogen (secondary N) is 1. The molecule has 1 atom stereocenters. The van der Waals surface area contributed by atoms with Crippen molar-refractivity contribution in [3.05, 3.63) is 63.6 Å². The van der Waals surface area contributed by atoms with Crippen LogP contribution in [0, 0.1) is 36.1 Å². The van der Waals surface area contributed by atoms with Crippen LogP contribution >= 0.6 is 11.3 Å². The van der Waals surface area contributed by atoms with Crippen LogP contribution in [0.5, 0.6) is 0 Å². The van der Waals surface area contributed by atoms with Crippen molar-refractivity contribution in [3.8, 4) is 0 Å². The summed E-state index contributed by atoms with van der Waals surface area (Å²) in [5.74, 6) is 0.547. The minimum absolute atomic E-state index is 0. The molecule has 2 heterocycles. The number of aliphatic hydroxyl groups is 1. The zero-order valence-corrected chi connectivity index (χ0v) is 30.5. The number of thiophene rings is 1. The van der Waals surface area contributed by atoms with E-state index >= 15 is 0 Å². The van der Waals surface area contributed by atoms with Crippen LogP contribution in [0.25, 0.3) is 21.5 Å². The molecule has 0 amide bonds. The molecule has 233 valence electrons. The molecule has 0 spiro atoms. The maximum atomic E-state index is 11.7. The number of hydrogen-bond donors (Lipinski definition) is 2. The largest absolute Gasteiger partial charge is 0.674 e. The third-order valence-corrected chi connectivity index (χ3v) is 8.88.